The van der Waals surface area contributed by atoms with Gasteiger partial charge in [0.05, 0.1) is 5.69 Å². The molecule has 2 heterocycles. The number of nitrogens with one attached hydrogen (secondary N) is 1. The fourth-order valence-electron chi connectivity index (χ4n) is 2.27. The van der Waals surface area contributed by atoms with Crippen molar-refractivity contribution in [2.45, 2.75) is 18.4 Å². The molecule has 1 aromatic rings. The third-order valence-electron chi connectivity index (χ3n) is 3.34. The summed E-state index contributed by atoms with van der Waals surface area (Å²) in [6, 6.07) is 1.80. The number of aromatic nitrogens is 2. The molecule has 0 bridgehead atoms. The summed E-state index contributed by atoms with van der Waals surface area (Å²) in [5.74, 6) is 0.460. The highest BCUT2D eigenvalue weighted by Crippen LogP contribution is 2.39. The van der Waals surface area contributed by atoms with E-state index in [2.05, 4.69) is 20.4 Å². The van der Waals surface area contributed by atoms with Gasteiger partial charge in [-0.05, 0) is 12.8 Å². The highest BCUT2D eigenvalue weighted by Gasteiger charge is 2.45. The maximum absolute atomic E-state index is 5.85. The van der Waals surface area contributed by atoms with Crippen LogP contribution in [0.5, 0.6) is 0 Å². The monoisotopic (exact) mass is 239 g/mol. The number of hydrogen-bond acceptors (Lipinski definition) is 5. The minimum absolute atomic E-state index is 0.320. The van der Waals surface area contributed by atoms with Crippen molar-refractivity contribution in [1.82, 2.24) is 15.5 Å². The van der Waals surface area contributed by atoms with Crippen LogP contribution in [0.4, 0.5) is 11.5 Å². The van der Waals surface area contributed by atoms with Crippen LogP contribution >= 0.6 is 11.6 Å². The zero-order valence-corrected chi connectivity index (χ0v) is 9.67. The molecule has 1 saturated heterocycles. The van der Waals surface area contributed by atoms with E-state index in [-0.39, 0.29) is 0 Å². The molecule has 2 aliphatic rings. The molecule has 16 heavy (non-hydrogen) atoms. The Labute approximate surface area is 99.0 Å². The molecule has 0 amide bonds. The Balaban J connectivity index is 1.88. The Morgan fingerprint density at radius 3 is 3.00 bits per heavy atom. The smallest absolute Gasteiger partial charge is 0.169 e. The van der Waals surface area contributed by atoms with Gasteiger partial charge in [0.15, 0.2) is 11.0 Å². The molecule has 1 aromatic heterocycles. The molecular formula is C10H14ClN5. The first-order chi connectivity index (χ1) is 7.69. The Kier molecular flexibility index (Phi) is 2.19. The van der Waals surface area contributed by atoms with Crippen LogP contribution in [0, 0.1) is 0 Å². The molecule has 0 atom stereocenters. The van der Waals surface area contributed by atoms with Crippen molar-refractivity contribution >= 4 is 23.1 Å². The molecule has 3 N–H and O–H groups in total. The van der Waals surface area contributed by atoms with Crippen LogP contribution in [0.1, 0.15) is 12.8 Å². The van der Waals surface area contributed by atoms with Crippen LogP contribution in [-0.2, 0) is 0 Å². The van der Waals surface area contributed by atoms with Gasteiger partial charge in [-0.3, -0.25) is 0 Å². The maximum Gasteiger partial charge on any atom is 0.169 e. The second-order valence-corrected chi connectivity index (χ2v) is 4.95. The number of nitrogens with two attached hydrogens (primary N) is 1. The highest BCUT2D eigenvalue weighted by molar-refractivity contribution is 6.29. The van der Waals surface area contributed by atoms with Crippen molar-refractivity contribution in [3.8, 4) is 0 Å². The number of rotatable bonds is 1. The van der Waals surface area contributed by atoms with E-state index in [1.54, 1.807) is 6.07 Å². The summed E-state index contributed by atoms with van der Waals surface area (Å²) >= 11 is 5.85. The second kappa shape index (κ2) is 3.46. The van der Waals surface area contributed by atoms with Crippen molar-refractivity contribution in [1.29, 1.82) is 0 Å². The lowest BCUT2D eigenvalue weighted by molar-refractivity contribution is 0.442. The van der Waals surface area contributed by atoms with Crippen LogP contribution in [0.3, 0.4) is 0 Å². The predicted molar refractivity (Wildman–Crippen MR) is 63.6 cm³/mol. The number of piperazine rings is 1. The number of nitrogen functional groups attached to an aromatic ring is 1. The van der Waals surface area contributed by atoms with Gasteiger partial charge in [0, 0.05) is 31.2 Å². The van der Waals surface area contributed by atoms with Gasteiger partial charge >= 0.3 is 0 Å². The van der Waals surface area contributed by atoms with Crippen molar-refractivity contribution in [2.24, 2.45) is 0 Å². The zero-order chi connectivity index (χ0) is 11.2. The van der Waals surface area contributed by atoms with E-state index in [0.717, 1.165) is 25.3 Å². The van der Waals surface area contributed by atoms with E-state index in [9.17, 15) is 0 Å². The van der Waals surface area contributed by atoms with Gasteiger partial charge in [-0.15, -0.1) is 10.2 Å². The standard InChI is InChI=1S/C10H14ClN5/c11-8-5-7(9(12)15-14-8)16-4-3-13-10(6-16)1-2-10/h5,13H,1-4,6H2,(H2,12,15). The molecule has 1 spiro atoms. The van der Waals surface area contributed by atoms with Crippen LogP contribution in [0.15, 0.2) is 6.07 Å². The molecule has 0 unspecified atom stereocenters. The van der Waals surface area contributed by atoms with Gasteiger partial charge in [0.25, 0.3) is 0 Å². The van der Waals surface area contributed by atoms with Crippen LogP contribution < -0.4 is 16.0 Å². The Morgan fingerprint density at radius 2 is 2.25 bits per heavy atom. The van der Waals surface area contributed by atoms with Crippen molar-refractivity contribution in [3.63, 3.8) is 0 Å². The number of anilines is 2. The summed E-state index contributed by atoms with van der Waals surface area (Å²) in [6.07, 6.45) is 2.49. The quantitative estimate of drug-likeness (QED) is 0.754. The lowest BCUT2D eigenvalue weighted by Gasteiger charge is -2.35. The molecule has 1 aliphatic heterocycles. The average Bonchev–Trinajstić information content (AvgIpc) is 3.01. The van der Waals surface area contributed by atoms with E-state index in [0.29, 0.717) is 16.5 Å². The van der Waals surface area contributed by atoms with Crippen molar-refractivity contribution in [3.05, 3.63) is 11.2 Å². The first-order valence-corrected chi connectivity index (χ1v) is 5.85. The Morgan fingerprint density at radius 1 is 1.44 bits per heavy atom. The van der Waals surface area contributed by atoms with E-state index >= 15 is 0 Å². The number of nitrogens with zero attached hydrogens (tertiary/aromatic N) is 3. The molecular weight excluding hydrogens is 226 g/mol. The first kappa shape index (κ1) is 10.1. The molecule has 2 fully saturated rings. The van der Waals surface area contributed by atoms with Gasteiger partial charge < -0.3 is 16.0 Å². The maximum atomic E-state index is 5.85. The Bertz CT molecular complexity index is 418. The highest BCUT2D eigenvalue weighted by atomic mass is 35.5. The van der Waals surface area contributed by atoms with E-state index in [4.69, 9.17) is 17.3 Å². The third-order valence-corrected chi connectivity index (χ3v) is 3.53. The number of hydrogen-bond donors (Lipinski definition) is 2. The van der Waals surface area contributed by atoms with E-state index < -0.39 is 0 Å². The molecule has 3 rings (SSSR count). The molecule has 0 radical (unpaired) electrons. The summed E-state index contributed by atoms with van der Waals surface area (Å²) in [7, 11) is 0. The summed E-state index contributed by atoms with van der Waals surface area (Å²) in [4.78, 5) is 2.25. The van der Waals surface area contributed by atoms with Crippen molar-refractivity contribution in [2.75, 3.05) is 30.3 Å². The topological polar surface area (TPSA) is 67.1 Å². The minimum Gasteiger partial charge on any atom is -0.380 e. The SMILES string of the molecule is Nc1nnc(Cl)cc1N1CCNC2(CC2)C1. The zero-order valence-electron chi connectivity index (χ0n) is 8.91. The fraction of sp³-hybridized carbons (Fsp3) is 0.600. The third kappa shape index (κ3) is 1.70. The predicted octanol–water partition coefficient (Wildman–Crippen LogP) is 0.654. The minimum atomic E-state index is 0.320. The normalized spacial score (nSPS) is 22.4. The van der Waals surface area contributed by atoms with Crippen LogP contribution in [0.25, 0.3) is 0 Å². The van der Waals surface area contributed by atoms with Gasteiger partial charge in [-0.25, -0.2) is 0 Å². The summed E-state index contributed by atoms with van der Waals surface area (Å²) in [6.45, 7) is 2.91. The summed E-state index contributed by atoms with van der Waals surface area (Å²) in [5, 5.41) is 11.5. The summed E-state index contributed by atoms with van der Waals surface area (Å²) < 4.78 is 0. The van der Waals surface area contributed by atoms with E-state index in [1.165, 1.54) is 12.8 Å². The molecule has 6 heteroatoms. The second-order valence-electron chi connectivity index (χ2n) is 4.57. The lowest BCUT2D eigenvalue weighted by Crippen LogP contribution is -2.52. The molecule has 1 saturated carbocycles. The van der Waals surface area contributed by atoms with Crippen LogP contribution in [0.2, 0.25) is 5.15 Å². The van der Waals surface area contributed by atoms with E-state index in [1.807, 2.05) is 0 Å². The first-order valence-electron chi connectivity index (χ1n) is 5.47. The molecule has 0 aromatic carbocycles. The fourth-order valence-corrected chi connectivity index (χ4v) is 2.41. The molecule has 5 nitrogen and oxygen atoms in total. The van der Waals surface area contributed by atoms with Gasteiger partial charge in [0.1, 0.15) is 0 Å². The van der Waals surface area contributed by atoms with Crippen LogP contribution in [-0.4, -0.2) is 35.4 Å². The average molecular weight is 240 g/mol. The van der Waals surface area contributed by atoms with Crippen molar-refractivity contribution < 1.29 is 0 Å². The molecule has 1 aliphatic carbocycles. The summed E-state index contributed by atoms with van der Waals surface area (Å²) in [5.41, 5.74) is 7.06. The lowest BCUT2D eigenvalue weighted by atomic mass is 10.1. The number of halogens is 1. The van der Waals surface area contributed by atoms with Gasteiger partial charge in [-0.2, -0.15) is 0 Å². The molecule has 86 valence electrons. The largest absolute Gasteiger partial charge is 0.380 e. The van der Waals surface area contributed by atoms with Gasteiger partial charge in [0.2, 0.25) is 0 Å². The Hall–Kier alpha value is -1.07. The van der Waals surface area contributed by atoms with Gasteiger partial charge in [-0.1, -0.05) is 11.6 Å².